The Morgan fingerprint density at radius 2 is 1.85 bits per heavy atom. The number of hydrogen-bond acceptors (Lipinski definition) is 3. The number of nitrogens with one attached hydrogen (secondary N) is 2. The van der Waals surface area contributed by atoms with Gasteiger partial charge in [-0.25, -0.2) is 9.78 Å². The second-order valence-electron chi connectivity index (χ2n) is 6.21. The van der Waals surface area contributed by atoms with Gasteiger partial charge >= 0.3 is 6.03 Å². The maximum absolute atomic E-state index is 12.2. The van der Waals surface area contributed by atoms with Crippen molar-refractivity contribution in [1.82, 2.24) is 20.2 Å². The summed E-state index contributed by atoms with van der Waals surface area (Å²) >= 11 is 0. The number of carbonyl (C=O) groups excluding carboxylic acids is 1. The van der Waals surface area contributed by atoms with Crippen LogP contribution in [0.5, 0.6) is 0 Å². The molecule has 0 saturated carbocycles. The quantitative estimate of drug-likeness (QED) is 0.671. The Balaban J connectivity index is 1.52. The van der Waals surface area contributed by atoms with E-state index in [2.05, 4.69) is 27.4 Å². The zero-order valence-corrected chi connectivity index (χ0v) is 14.7. The van der Waals surface area contributed by atoms with Gasteiger partial charge in [-0.1, -0.05) is 42.5 Å². The van der Waals surface area contributed by atoms with Crippen LogP contribution in [0.1, 0.15) is 17.8 Å². The van der Waals surface area contributed by atoms with Crippen LogP contribution in [0.4, 0.5) is 4.79 Å². The van der Waals surface area contributed by atoms with Gasteiger partial charge in [0.05, 0.1) is 17.4 Å². The fraction of sp³-hybridized carbons (Fsp3) is 0.250. The molecule has 3 rings (SSSR count). The van der Waals surface area contributed by atoms with E-state index in [1.54, 1.807) is 25.2 Å². The second-order valence-corrected chi connectivity index (χ2v) is 6.21. The first-order chi connectivity index (χ1) is 12.6. The van der Waals surface area contributed by atoms with E-state index in [1.807, 2.05) is 24.3 Å². The molecule has 6 nitrogen and oxygen atoms in total. The van der Waals surface area contributed by atoms with Crippen LogP contribution < -0.4 is 10.9 Å². The van der Waals surface area contributed by atoms with E-state index in [0.29, 0.717) is 23.3 Å². The largest absolute Gasteiger partial charge is 0.338 e. The van der Waals surface area contributed by atoms with Crippen LogP contribution in [-0.4, -0.2) is 34.5 Å². The van der Waals surface area contributed by atoms with Gasteiger partial charge in [-0.3, -0.25) is 4.79 Å². The molecule has 0 radical (unpaired) electrons. The third-order valence-electron chi connectivity index (χ3n) is 4.16. The van der Waals surface area contributed by atoms with Gasteiger partial charge in [-0.15, -0.1) is 0 Å². The first kappa shape index (κ1) is 17.7. The monoisotopic (exact) mass is 350 g/mol. The van der Waals surface area contributed by atoms with Crippen molar-refractivity contribution in [2.24, 2.45) is 0 Å². The Morgan fingerprint density at radius 3 is 2.65 bits per heavy atom. The van der Waals surface area contributed by atoms with Crippen LogP contribution in [0.25, 0.3) is 10.9 Å². The molecule has 0 atom stereocenters. The minimum atomic E-state index is -0.192. The van der Waals surface area contributed by atoms with Crippen molar-refractivity contribution >= 4 is 16.9 Å². The number of rotatable bonds is 6. The van der Waals surface area contributed by atoms with Gasteiger partial charge < -0.3 is 15.2 Å². The molecule has 0 aliphatic rings. The van der Waals surface area contributed by atoms with E-state index in [4.69, 9.17) is 0 Å². The SMILES string of the molecule is CN(Cc1nc2ccccc2c(=O)[nH]1)C(=O)NCCCc1ccccc1. The number of fused-ring (bicyclic) bond motifs is 1. The molecule has 1 heterocycles. The second kappa shape index (κ2) is 8.29. The first-order valence-corrected chi connectivity index (χ1v) is 8.64. The highest BCUT2D eigenvalue weighted by atomic mass is 16.2. The Labute approximate surface area is 151 Å². The zero-order chi connectivity index (χ0) is 18.4. The van der Waals surface area contributed by atoms with Crippen molar-refractivity contribution in [2.45, 2.75) is 19.4 Å². The van der Waals surface area contributed by atoms with E-state index >= 15 is 0 Å². The smallest absolute Gasteiger partial charge is 0.317 e. The van der Waals surface area contributed by atoms with Gasteiger partial charge in [0.1, 0.15) is 5.82 Å². The fourth-order valence-corrected chi connectivity index (χ4v) is 2.77. The highest BCUT2D eigenvalue weighted by Crippen LogP contribution is 2.07. The summed E-state index contributed by atoms with van der Waals surface area (Å²) in [4.78, 5) is 32.9. The molecule has 0 aliphatic heterocycles. The van der Waals surface area contributed by atoms with E-state index in [0.717, 1.165) is 12.8 Å². The van der Waals surface area contributed by atoms with E-state index in [-0.39, 0.29) is 18.1 Å². The molecule has 6 heteroatoms. The van der Waals surface area contributed by atoms with Crippen molar-refractivity contribution in [3.8, 4) is 0 Å². The van der Waals surface area contributed by atoms with Crippen molar-refractivity contribution in [1.29, 1.82) is 0 Å². The lowest BCUT2D eigenvalue weighted by molar-refractivity contribution is 0.205. The predicted molar refractivity (Wildman–Crippen MR) is 102 cm³/mol. The number of para-hydroxylation sites is 1. The molecule has 1 aromatic heterocycles. The number of amides is 2. The minimum Gasteiger partial charge on any atom is -0.338 e. The molecule has 0 spiro atoms. The summed E-state index contributed by atoms with van der Waals surface area (Å²) < 4.78 is 0. The molecule has 0 aliphatic carbocycles. The number of H-pyrrole nitrogens is 1. The molecule has 2 N–H and O–H groups in total. The molecular weight excluding hydrogens is 328 g/mol. The Morgan fingerprint density at radius 1 is 1.12 bits per heavy atom. The molecule has 0 saturated heterocycles. The zero-order valence-electron chi connectivity index (χ0n) is 14.7. The average molecular weight is 350 g/mol. The number of carbonyl (C=O) groups is 1. The van der Waals surface area contributed by atoms with Crippen LogP contribution >= 0.6 is 0 Å². The lowest BCUT2D eigenvalue weighted by atomic mass is 10.1. The van der Waals surface area contributed by atoms with Crippen molar-refractivity contribution in [3.05, 3.63) is 76.3 Å². The number of urea groups is 1. The Hall–Kier alpha value is -3.15. The number of benzene rings is 2. The molecule has 3 aromatic rings. The summed E-state index contributed by atoms with van der Waals surface area (Å²) in [5.41, 5.74) is 1.69. The van der Waals surface area contributed by atoms with Crippen molar-refractivity contribution in [2.75, 3.05) is 13.6 Å². The molecule has 0 bridgehead atoms. The molecular formula is C20H22N4O2. The topological polar surface area (TPSA) is 78.1 Å². The Bertz CT molecular complexity index is 937. The lowest BCUT2D eigenvalue weighted by Crippen LogP contribution is -2.38. The summed E-state index contributed by atoms with van der Waals surface area (Å²) in [5, 5.41) is 3.44. The van der Waals surface area contributed by atoms with Crippen LogP contribution in [0.15, 0.2) is 59.4 Å². The third-order valence-corrected chi connectivity index (χ3v) is 4.16. The number of aromatic amines is 1. The number of hydrogen-bond donors (Lipinski definition) is 2. The van der Waals surface area contributed by atoms with Crippen LogP contribution in [-0.2, 0) is 13.0 Å². The summed E-state index contributed by atoms with van der Waals surface area (Å²) in [7, 11) is 1.68. The molecule has 134 valence electrons. The minimum absolute atomic E-state index is 0.186. The number of nitrogens with zero attached hydrogens (tertiary/aromatic N) is 2. The average Bonchev–Trinajstić information content (AvgIpc) is 2.66. The maximum Gasteiger partial charge on any atom is 0.317 e. The van der Waals surface area contributed by atoms with E-state index in [9.17, 15) is 9.59 Å². The van der Waals surface area contributed by atoms with Gasteiger partial charge in [-0.2, -0.15) is 0 Å². The molecule has 26 heavy (non-hydrogen) atoms. The predicted octanol–water partition coefficient (Wildman–Crippen LogP) is 2.70. The number of aryl methyl sites for hydroxylation is 1. The standard InChI is InChI=1S/C20H22N4O2/c1-24(20(26)21-13-7-10-15-8-3-2-4-9-15)14-18-22-17-12-6-5-11-16(17)19(25)23-18/h2-6,8-9,11-12H,7,10,13-14H2,1H3,(H,21,26)(H,22,23,25). The van der Waals surface area contributed by atoms with Crippen LogP contribution in [0, 0.1) is 0 Å². The summed E-state index contributed by atoms with van der Waals surface area (Å²) in [5.74, 6) is 0.468. The summed E-state index contributed by atoms with van der Waals surface area (Å²) in [6, 6.07) is 17.1. The summed E-state index contributed by atoms with van der Waals surface area (Å²) in [6.07, 6.45) is 1.79. The van der Waals surface area contributed by atoms with Gasteiger partial charge in [0.25, 0.3) is 5.56 Å². The van der Waals surface area contributed by atoms with E-state index < -0.39 is 0 Å². The van der Waals surface area contributed by atoms with Gasteiger partial charge in [0.15, 0.2) is 0 Å². The normalized spacial score (nSPS) is 10.7. The number of aromatic nitrogens is 2. The highest BCUT2D eigenvalue weighted by molar-refractivity contribution is 5.77. The van der Waals surface area contributed by atoms with Gasteiger partial charge in [0, 0.05) is 13.6 Å². The first-order valence-electron chi connectivity index (χ1n) is 8.64. The third kappa shape index (κ3) is 4.47. The van der Waals surface area contributed by atoms with Crippen molar-refractivity contribution in [3.63, 3.8) is 0 Å². The van der Waals surface area contributed by atoms with E-state index in [1.165, 1.54) is 10.5 Å². The highest BCUT2D eigenvalue weighted by Gasteiger charge is 2.11. The van der Waals surface area contributed by atoms with Gasteiger partial charge in [-0.05, 0) is 30.5 Å². The Kier molecular flexibility index (Phi) is 5.63. The van der Waals surface area contributed by atoms with Crippen LogP contribution in [0.2, 0.25) is 0 Å². The molecule has 0 fully saturated rings. The van der Waals surface area contributed by atoms with Crippen molar-refractivity contribution < 1.29 is 4.79 Å². The van der Waals surface area contributed by atoms with Crippen LogP contribution in [0.3, 0.4) is 0 Å². The molecule has 2 aromatic carbocycles. The molecule has 0 unspecified atom stereocenters. The van der Waals surface area contributed by atoms with Gasteiger partial charge in [0.2, 0.25) is 0 Å². The summed E-state index contributed by atoms with van der Waals surface area (Å²) in [6.45, 7) is 0.838. The molecule has 2 amide bonds. The fourth-order valence-electron chi connectivity index (χ4n) is 2.77. The maximum atomic E-state index is 12.2. The lowest BCUT2D eigenvalue weighted by Gasteiger charge is -2.17.